The van der Waals surface area contributed by atoms with Crippen molar-refractivity contribution in [1.82, 2.24) is 4.90 Å². The number of carboxylic acid groups (broad SMARTS) is 1. The molecule has 0 aromatic heterocycles. The van der Waals surface area contributed by atoms with Crippen molar-refractivity contribution >= 4 is 11.8 Å². The summed E-state index contributed by atoms with van der Waals surface area (Å²) in [4.78, 5) is 15.3. The third-order valence-electron chi connectivity index (χ3n) is 6.50. The van der Waals surface area contributed by atoms with Gasteiger partial charge >= 0.3 is 6.09 Å². The zero-order chi connectivity index (χ0) is 20.6. The van der Waals surface area contributed by atoms with Crippen LogP contribution in [0.15, 0.2) is 24.3 Å². The van der Waals surface area contributed by atoms with Crippen molar-refractivity contribution in [2.24, 2.45) is 11.8 Å². The van der Waals surface area contributed by atoms with E-state index >= 15 is 0 Å². The van der Waals surface area contributed by atoms with Crippen LogP contribution in [0.4, 0.5) is 10.5 Å². The molecule has 1 aliphatic carbocycles. The highest BCUT2D eigenvalue weighted by molar-refractivity contribution is 5.65. The average molecular weight is 403 g/mol. The van der Waals surface area contributed by atoms with Crippen molar-refractivity contribution in [3.8, 4) is 5.75 Å². The Morgan fingerprint density at radius 2 is 1.76 bits per heavy atom. The van der Waals surface area contributed by atoms with Crippen LogP contribution in [0, 0.1) is 11.8 Å². The first-order valence-corrected chi connectivity index (χ1v) is 11.5. The standard InChI is InChI=1S/C24H38N2O3/c1-19(2)12-17-26(22-13-15-25(16-14-22)24(27)28)21-8-10-23(11-9-21)29-18-20-6-4-3-5-7-20/h8-11,19-20,22H,3-7,12-18H2,1-2H3,(H,27,28). The topological polar surface area (TPSA) is 53.0 Å². The van der Waals surface area contributed by atoms with Crippen molar-refractivity contribution in [3.63, 3.8) is 0 Å². The molecule has 0 spiro atoms. The summed E-state index contributed by atoms with van der Waals surface area (Å²) in [6.45, 7) is 7.62. The summed E-state index contributed by atoms with van der Waals surface area (Å²) in [7, 11) is 0. The minimum absolute atomic E-state index is 0.401. The smallest absolute Gasteiger partial charge is 0.407 e. The summed E-state index contributed by atoms with van der Waals surface area (Å²) in [6.07, 6.45) is 8.80. The summed E-state index contributed by atoms with van der Waals surface area (Å²) in [5.41, 5.74) is 1.23. The number of hydrogen-bond acceptors (Lipinski definition) is 3. The van der Waals surface area contributed by atoms with Crippen molar-refractivity contribution < 1.29 is 14.6 Å². The number of carbonyl (C=O) groups is 1. The molecule has 2 aliphatic rings. The lowest BCUT2D eigenvalue weighted by Crippen LogP contribution is -2.47. The highest BCUT2D eigenvalue weighted by Gasteiger charge is 2.27. The molecule has 1 saturated carbocycles. The Morgan fingerprint density at radius 3 is 2.34 bits per heavy atom. The third-order valence-corrected chi connectivity index (χ3v) is 6.50. The second kappa shape index (κ2) is 10.7. The molecule has 1 saturated heterocycles. The molecule has 2 fully saturated rings. The van der Waals surface area contributed by atoms with Gasteiger partial charge in [0, 0.05) is 31.4 Å². The number of ether oxygens (including phenoxy) is 1. The maximum Gasteiger partial charge on any atom is 0.407 e. The molecule has 5 heteroatoms. The van der Waals surface area contributed by atoms with Gasteiger partial charge < -0.3 is 19.6 Å². The normalized spacial score (nSPS) is 18.8. The molecular formula is C24H38N2O3. The highest BCUT2D eigenvalue weighted by Crippen LogP contribution is 2.28. The van der Waals surface area contributed by atoms with Crippen LogP contribution in [0.25, 0.3) is 0 Å². The molecule has 0 atom stereocenters. The fourth-order valence-corrected chi connectivity index (χ4v) is 4.59. The lowest BCUT2D eigenvalue weighted by atomic mass is 9.90. The predicted molar refractivity (Wildman–Crippen MR) is 118 cm³/mol. The van der Waals surface area contributed by atoms with Crippen molar-refractivity contribution in [2.75, 3.05) is 31.1 Å². The minimum atomic E-state index is -0.795. The van der Waals surface area contributed by atoms with Crippen LogP contribution in [0.5, 0.6) is 5.75 Å². The Morgan fingerprint density at radius 1 is 1.10 bits per heavy atom. The fourth-order valence-electron chi connectivity index (χ4n) is 4.59. The van der Waals surface area contributed by atoms with Gasteiger partial charge in [-0.15, -0.1) is 0 Å². The third kappa shape index (κ3) is 6.55. The maximum atomic E-state index is 11.2. The first-order chi connectivity index (χ1) is 14.0. The minimum Gasteiger partial charge on any atom is -0.493 e. The van der Waals surface area contributed by atoms with Gasteiger partial charge in [0.1, 0.15) is 5.75 Å². The average Bonchev–Trinajstić information content (AvgIpc) is 2.74. The number of piperidine rings is 1. The van der Waals surface area contributed by atoms with E-state index in [0.717, 1.165) is 38.2 Å². The van der Waals surface area contributed by atoms with E-state index in [1.165, 1.54) is 37.8 Å². The number of likely N-dealkylation sites (tertiary alicyclic amines) is 1. The van der Waals surface area contributed by atoms with E-state index in [-0.39, 0.29) is 0 Å². The molecule has 29 heavy (non-hydrogen) atoms. The molecule has 162 valence electrons. The molecule has 1 N–H and O–H groups in total. The van der Waals surface area contributed by atoms with Crippen LogP contribution in [-0.2, 0) is 0 Å². The van der Waals surface area contributed by atoms with E-state index in [9.17, 15) is 9.90 Å². The van der Waals surface area contributed by atoms with Gasteiger partial charge in [-0.25, -0.2) is 4.79 Å². The summed E-state index contributed by atoms with van der Waals surface area (Å²) >= 11 is 0. The zero-order valence-corrected chi connectivity index (χ0v) is 18.2. The summed E-state index contributed by atoms with van der Waals surface area (Å²) in [5.74, 6) is 2.32. The number of benzene rings is 1. The molecular weight excluding hydrogens is 364 g/mol. The van der Waals surface area contributed by atoms with Crippen LogP contribution in [0.1, 0.15) is 65.2 Å². The van der Waals surface area contributed by atoms with Gasteiger partial charge in [0.05, 0.1) is 6.61 Å². The lowest BCUT2D eigenvalue weighted by Gasteiger charge is -2.39. The molecule has 5 nitrogen and oxygen atoms in total. The van der Waals surface area contributed by atoms with Gasteiger partial charge in [0.15, 0.2) is 0 Å². The summed E-state index contributed by atoms with van der Waals surface area (Å²) in [5, 5.41) is 9.23. The Hall–Kier alpha value is -1.91. The van der Waals surface area contributed by atoms with Gasteiger partial charge in [-0.05, 0) is 68.2 Å². The number of amides is 1. The molecule has 0 radical (unpaired) electrons. The van der Waals surface area contributed by atoms with Gasteiger partial charge in [-0.3, -0.25) is 0 Å². The molecule has 1 aromatic rings. The predicted octanol–water partition coefficient (Wildman–Crippen LogP) is 5.64. The van der Waals surface area contributed by atoms with Gasteiger partial charge in [0.25, 0.3) is 0 Å². The molecule has 1 aromatic carbocycles. The Labute approximate surface area is 176 Å². The number of anilines is 1. The summed E-state index contributed by atoms with van der Waals surface area (Å²) in [6, 6.07) is 8.97. The largest absolute Gasteiger partial charge is 0.493 e. The van der Waals surface area contributed by atoms with Gasteiger partial charge in [0.2, 0.25) is 0 Å². The quantitative estimate of drug-likeness (QED) is 0.611. The number of nitrogens with zero attached hydrogens (tertiary/aromatic N) is 2. The van der Waals surface area contributed by atoms with Crippen LogP contribution in [-0.4, -0.2) is 48.4 Å². The first-order valence-electron chi connectivity index (χ1n) is 11.5. The van der Waals surface area contributed by atoms with Crippen LogP contribution < -0.4 is 9.64 Å². The van der Waals surface area contributed by atoms with E-state index in [2.05, 4.69) is 43.0 Å². The molecule has 1 amide bonds. The van der Waals surface area contributed by atoms with Crippen molar-refractivity contribution in [2.45, 2.75) is 71.3 Å². The van der Waals surface area contributed by atoms with E-state index in [0.29, 0.717) is 31.0 Å². The van der Waals surface area contributed by atoms with Crippen molar-refractivity contribution in [1.29, 1.82) is 0 Å². The lowest BCUT2D eigenvalue weighted by molar-refractivity contribution is 0.131. The second-order valence-electron chi connectivity index (χ2n) is 9.19. The Balaban J connectivity index is 1.60. The number of rotatable bonds is 8. The van der Waals surface area contributed by atoms with Crippen LogP contribution >= 0.6 is 0 Å². The SMILES string of the molecule is CC(C)CCN(c1ccc(OCC2CCCCC2)cc1)C1CCN(C(=O)O)CC1. The molecule has 0 bridgehead atoms. The number of hydrogen-bond donors (Lipinski definition) is 1. The molecule has 0 unspecified atom stereocenters. The van der Waals surface area contributed by atoms with E-state index in [1.54, 1.807) is 4.90 Å². The highest BCUT2D eigenvalue weighted by atomic mass is 16.5. The second-order valence-corrected chi connectivity index (χ2v) is 9.19. The Bertz CT molecular complexity index is 618. The molecule has 1 aliphatic heterocycles. The van der Waals surface area contributed by atoms with Gasteiger partial charge in [-0.1, -0.05) is 33.1 Å². The van der Waals surface area contributed by atoms with E-state index in [1.807, 2.05) is 0 Å². The van der Waals surface area contributed by atoms with Gasteiger partial charge in [-0.2, -0.15) is 0 Å². The Kier molecular flexibility index (Phi) is 8.08. The maximum absolute atomic E-state index is 11.2. The monoisotopic (exact) mass is 402 g/mol. The van der Waals surface area contributed by atoms with Crippen molar-refractivity contribution in [3.05, 3.63) is 24.3 Å². The van der Waals surface area contributed by atoms with E-state index in [4.69, 9.17) is 4.74 Å². The summed E-state index contributed by atoms with van der Waals surface area (Å²) < 4.78 is 6.07. The van der Waals surface area contributed by atoms with E-state index < -0.39 is 6.09 Å². The molecule has 1 heterocycles. The van der Waals surface area contributed by atoms with Crippen LogP contribution in [0.2, 0.25) is 0 Å². The zero-order valence-electron chi connectivity index (χ0n) is 18.2. The van der Waals surface area contributed by atoms with Crippen LogP contribution in [0.3, 0.4) is 0 Å². The molecule has 3 rings (SSSR count). The fraction of sp³-hybridized carbons (Fsp3) is 0.708. The first kappa shape index (κ1) is 21.8.